The number of nitrogens with two attached hydrogens (primary N) is 1. The van der Waals surface area contributed by atoms with E-state index in [4.69, 9.17) is 21.3 Å². The number of hydrogen-bond acceptors (Lipinski definition) is 11. The van der Waals surface area contributed by atoms with Crippen LogP contribution < -0.4 is 5.73 Å². The second-order valence-electron chi connectivity index (χ2n) is 7.18. The topological polar surface area (TPSA) is 152 Å². The molecule has 0 saturated carbocycles. The fraction of sp³-hybridized carbons (Fsp3) is 0.500. The summed E-state index contributed by atoms with van der Waals surface area (Å²) in [4.78, 5) is 27.5. The molecule has 0 bridgehead atoms. The Balaban J connectivity index is 1.61. The van der Waals surface area contributed by atoms with Crippen LogP contribution in [-0.4, -0.2) is 103 Å². The summed E-state index contributed by atoms with van der Waals surface area (Å²) in [6.07, 6.45) is -4.48. The van der Waals surface area contributed by atoms with Gasteiger partial charge in [0.25, 0.3) is 0 Å². The van der Waals surface area contributed by atoms with Gasteiger partial charge in [0, 0.05) is 12.7 Å². The predicted molar refractivity (Wildman–Crippen MR) is 111 cm³/mol. The molecule has 0 radical (unpaired) electrons. The highest BCUT2D eigenvalue weighted by Gasteiger charge is 2.53. The molecule has 166 valence electrons. The number of Topliss-reactive ketones (excluding diaryl/α,β-unsaturated/α-hetero) is 1. The van der Waals surface area contributed by atoms with Crippen LogP contribution in [0.4, 0.5) is 0 Å². The second kappa shape index (κ2) is 8.91. The van der Waals surface area contributed by atoms with Crippen LogP contribution in [-0.2, 0) is 14.2 Å². The van der Waals surface area contributed by atoms with Crippen LogP contribution in [0.1, 0.15) is 11.7 Å². The van der Waals surface area contributed by atoms with Gasteiger partial charge in [0.1, 0.15) is 37.0 Å². The molecule has 11 nitrogen and oxygen atoms in total. The first-order valence-electron chi connectivity index (χ1n) is 10.3. The second-order valence-corrected chi connectivity index (χ2v) is 7.18. The number of aliphatic hydroxyl groups excluding tert-OH is 1. The van der Waals surface area contributed by atoms with Gasteiger partial charge in [-0.2, -0.15) is 0 Å². The fourth-order valence-corrected chi connectivity index (χ4v) is 3.70. The Hall–Kier alpha value is -2.54. The van der Waals surface area contributed by atoms with Crippen molar-refractivity contribution in [2.45, 2.75) is 30.2 Å². The van der Waals surface area contributed by atoms with Gasteiger partial charge in [-0.25, -0.2) is 9.98 Å². The van der Waals surface area contributed by atoms with E-state index in [0.29, 0.717) is 5.56 Å². The highest BCUT2D eigenvalue weighted by molar-refractivity contribution is 6.52. The SMILES string of the molecule is [2H][C@@]1(O)[C@@H](CO)O[C@@H](N2CN=C3C2=NC=NC3(N)C(=O)c2ccccc2)[C@@H]1OCCOC. The number of rotatable bonds is 8. The van der Waals surface area contributed by atoms with E-state index in [9.17, 15) is 15.0 Å². The summed E-state index contributed by atoms with van der Waals surface area (Å²) >= 11 is 0. The van der Waals surface area contributed by atoms with E-state index in [-0.39, 0.29) is 31.4 Å². The van der Waals surface area contributed by atoms with Crippen LogP contribution >= 0.6 is 0 Å². The van der Waals surface area contributed by atoms with Crippen LogP contribution in [0.2, 0.25) is 0 Å². The molecule has 1 saturated heterocycles. The number of amidine groups is 1. The van der Waals surface area contributed by atoms with Crippen molar-refractivity contribution in [3.63, 3.8) is 0 Å². The van der Waals surface area contributed by atoms with E-state index >= 15 is 0 Å². The zero-order valence-electron chi connectivity index (χ0n) is 17.9. The lowest BCUT2D eigenvalue weighted by Gasteiger charge is -2.33. The lowest BCUT2D eigenvalue weighted by molar-refractivity contribution is -0.0928. The number of ketones is 1. The number of methoxy groups -OCH3 is 1. The number of benzene rings is 1. The quantitative estimate of drug-likeness (QED) is 0.342. The lowest BCUT2D eigenvalue weighted by atomic mass is 9.93. The molecule has 5 atom stereocenters. The molecule has 11 heteroatoms. The monoisotopic (exact) mass is 432 g/mol. The van der Waals surface area contributed by atoms with Gasteiger partial charge >= 0.3 is 0 Å². The molecule has 3 aliphatic rings. The molecule has 0 aromatic heterocycles. The lowest BCUT2D eigenvalue weighted by Crippen LogP contribution is -2.59. The van der Waals surface area contributed by atoms with Gasteiger partial charge in [-0.15, -0.1) is 0 Å². The number of aliphatic hydroxyl groups is 2. The summed E-state index contributed by atoms with van der Waals surface area (Å²) in [5, 5.41) is 20.3. The molecule has 1 aromatic rings. The number of fused-ring (bicyclic) bond motifs is 1. The summed E-state index contributed by atoms with van der Waals surface area (Å²) in [7, 11) is 1.50. The highest BCUT2D eigenvalue weighted by atomic mass is 16.6. The van der Waals surface area contributed by atoms with E-state index in [1.54, 1.807) is 30.3 Å². The Kier molecular flexibility index (Phi) is 5.85. The third kappa shape index (κ3) is 3.80. The van der Waals surface area contributed by atoms with E-state index in [1.165, 1.54) is 18.3 Å². The minimum atomic E-state index is -2.24. The van der Waals surface area contributed by atoms with Gasteiger partial charge in [0.2, 0.25) is 11.4 Å². The van der Waals surface area contributed by atoms with Crippen LogP contribution in [0.25, 0.3) is 0 Å². The number of hydrogen-bond donors (Lipinski definition) is 3. The van der Waals surface area contributed by atoms with Crippen LogP contribution in [0, 0.1) is 0 Å². The van der Waals surface area contributed by atoms with Crippen molar-refractivity contribution in [1.82, 2.24) is 4.90 Å². The minimum absolute atomic E-state index is 0.0123. The normalized spacial score (nSPS) is 34.9. The molecular weight excluding hydrogens is 406 g/mol. The van der Waals surface area contributed by atoms with Crippen molar-refractivity contribution >= 4 is 23.7 Å². The summed E-state index contributed by atoms with van der Waals surface area (Å²) in [5.74, 6) is -0.223. The molecule has 4 rings (SSSR count). The first-order chi connectivity index (χ1) is 15.3. The van der Waals surface area contributed by atoms with Crippen LogP contribution in [0.5, 0.6) is 0 Å². The molecular formula is C20H25N5O6. The molecule has 3 aliphatic heterocycles. The molecule has 0 spiro atoms. The first-order valence-corrected chi connectivity index (χ1v) is 9.76. The molecule has 4 N–H and O–H groups in total. The molecule has 3 heterocycles. The van der Waals surface area contributed by atoms with Gasteiger partial charge < -0.3 is 29.3 Å². The van der Waals surface area contributed by atoms with E-state index in [0.717, 1.165) is 0 Å². The molecule has 1 fully saturated rings. The number of carbonyl (C=O) groups excluding carboxylic acids is 1. The smallest absolute Gasteiger partial charge is 0.219 e. The largest absolute Gasteiger partial charge is 0.394 e. The standard InChI is InChI=1S/C20H25N5O6/c1-29-7-8-30-15-14(27)13(9-26)31-19(15)25-11-23-16-18(25)22-10-24-20(16,21)17(28)12-5-3-2-4-6-12/h2-6,10,13-15,19,26-27H,7-9,11,21H2,1H3/t13-,14-,15-,19-,20?/m1/s1/i14D. The van der Waals surface area contributed by atoms with E-state index in [1.807, 2.05) is 0 Å². The molecule has 1 aromatic carbocycles. The Morgan fingerprint density at radius 3 is 2.90 bits per heavy atom. The molecule has 1 unspecified atom stereocenters. The Morgan fingerprint density at radius 2 is 2.19 bits per heavy atom. The number of ether oxygens (including phenoxy) is 3. The number of aliphatic imine (C=N–C) groups is 3. The van der Waals surface area contributed by atoms with Gasteiger partial charge in [-0.1, -0.05) is 30.3 Å². The third-order valence-electron chi connectivity index (χ3n) is 5.29. The summed E-state index contributed by atoms with van der Waals surface area (Å²) in [5.41, 5.74) is 5.15. The van der Waals surface area contributed by atoms with Gasteiger partial charge in [0.15, 0.2) is 12.1 Å². The Labute approximate surface area is 180 Å². The van der Waals surface area contributed by atoms with Crippen molar-refractivity contribution in [3.8, 4) is 0 Å². The highest BCUT2D eigenvalue weighted by Crippen LogP contribution is 2.31. The minimum Gasteiger partial charge on any atom is -0.394 e. The average Bonchev–Trinajstić information content (AvgIpc) is 3.33. The van der Waals surface area contributed by atoms with Gasteiger partial charge in [0.05, 0.1) is 21.2 Å². The number of carbonyl (C=O) groups is 1. The zero-order valence-corrected chi connectivity index (χ0v) is 16.9. The van der Waals surface area contributed by atoms with Crippen LogP contribution in [0.15, 0.2) is 45.3 Å². The zero-order chi connectivity index (χ0) is 22.9. The summed E-state index contributed by atoms with van der Waals surface area (Å²) < 4.78 is 24.7. The fourth-order valence-electron chi connectivity index (χ4n) is 3.70. The van der Waals surface area contributed by atoms with Crippen LogP contribution in [0.3, 0.4) is 0 Å². The van der Waals surface area contributed by atoms with E-state index < -0.39 is 42.6 Å². The van der Waals surface area contributed by atoms with Crippen molar-refractivity contribution < 1.29 is 30.6 Å². The maximum atomic E-state index is 13.2. The Bertz CT molecular complexity index is 955. The third-order valence-corrected chi connectivity index (χ3v) is 5.29. The maximum Gasteiger partial charge on any atom is 0.219 e. The van der Waals surface area contributed by atoms with Gasteiger partial charge in [-0.05, 0) is 0 Å². The predicted octanol–water partition coefficient (Wildman–Crippen LogP) is -1.21. The molecule has 31 heavy (non-hydrogen) atoms. The maximum absolute atomic E-state index is 13.2. The molecule has 0 amide bonds. The average molecular weight is 432 g/mol. The van der Waals surface area contributed by atoms with Crippen molar-refractivity contribution in [3.05, 3.63) is 35.9 Å². The van der Waals surface area contributed by atoms with Crippen molar-refractivity contribution in [1.29, 1.82) is 0 Å². The van der Waals surface area contributed by atoms with Gasteiger partial charge in [-0.3, -0.25) is 15.5 Å². The van der Waals surface area contributed by atoms with E-state index in [2.05, 4.69) is 15.0 Å². The molecule has 0 aliphatic carbocycles. The first kappa shape index (κ1) is 20.4. The van der Waals surface area contributed by atoms with Crippen molar-refractivity contribution in [2.24, 2.45) is 20.7 Å². The number of nitrogens with zero attached hydrogens (tertiary/aromatic N) is 4. The summed E-state index contributed by atoms with van der Waals surface area (Å²) in [6, 6.07) is 8.50. The van der Waals surface area contributed by atoms with Crippen molar-refractivity contribution in [2.75, 3.05) is 33.6 Å². The summed E-state index contributed by atoms with van der Waals surface area (Å²) in [6.45, 7) is -0.288. The Morgan fingerprint density at radius 1 is 1.42 bits per heavy atom.